The van der Waals surface area contributed by atoms with Crippen LogP contribution in [-0.2, 0) is 6.42 Å². The largest absolute Gasteiger partial charge is 0.383 e. The Balaban J connectivity index is 1.42. The van der Waals surface area contributed by atoms with Crippen LogP contribution in [-0.4, -0.2) is 16.7 Å². The number of benzene rings is 4. The summed E-state index contributed by atoms with van der Waals surface area (Å²) in [5.74, 6) is 6.70. The summed E-state index contributed by atoms with van der Waals surface area (Å²) >= 11 is 0. The summed E-state index contributed by atoms with van der Waals surface area (Å²) in [6, 6.07) is 36.3. The van der Waals surface area contributed by atoms with Gasteiger partial charge >= 0.3 is 0 Å². The minimum Gasteiger partial charge on any atom is -0.383 e. The van der Waals surface area contributed by atoms with Gasteiger partial charge in [-0.05, 0) is 41.8 Å². The van der Waals surface area contributed by atoms with Crippen LogP contribution in [0.2, 0.25) is 0 Å². The fourth-order valence-electron chi connectivity index (χ4n) is 3.30. The average molecular weight is 406 g/mol. The minimum atomic E-state index is 0.516. The lowest BCUT2D eigenvalue weighted by Gasteiger charge is -2.04. The Bertz CT molecular complexity index is 1180. The van der Waals surface area contributed by atoms with E-state index in [0.717, 1.165) is 28.9 Å². The van der Waals surface area contributed by atoms with E-state index in [-0.39, 0.29) is 0 Å². The first-order valence-corrected chi connectivity index (χ1v) is 10.2. The molecule has 0 aromatic heterocycles. The van der Waals surface area contributed by atoms with Crippen LogP contribution >= 0.6 is 0 Å². The third kappa shape index (κ3) is 5.46. The van der Waals surface area contributed by atoms with Gasteiger partial charge in [0.2, 0.25) is 11.9 Å². The van der Waals surface area contributed by atoms with Crippen molar-refractivity contribution in [2.24, 2.45) is 16.6 Å². The molecule has 0 aliphatic carbocycles. The van der Waals surface area contributed by atoms with Crippen molar-refractivity contribution in [1.29, 1.82) is 0 Å². The molecule has 0 saturated carbocycles. The van der Waals surface area contributed by atoms with Crippen molar-refractivity contribution >= 4 is 23.4 Å². The van der Waals surface area contributed by atoms with Gasteiger partial charge in [0.15, 0.2) is 0 Å². The van der Waals surface area contributed by atoms with Crippen LogP contribution in [0.5, 0.6) is 0 Å². The standard InChI is InChI=1S/C27H25N4/c28-27(24-9-5-2-6-10-24)30-25-15-11-21(12-16-25)19-22-13-17-26(18-14-22)31(29)20-23-7-3-1-4-8-23/h1-18,20H,19,29H2,(H2,28,30)/q+1. The number of rotatable bonds is 6. The number of nitrogens with two attached hydrogens (primary N) is 2. The Morgan fingerprint density at radius 1 is 0.710 bits per heavy atom. The molecule has 0 aliphatic rings. The van der Waals surface area contributed by atoms with Crippen molar-refractivity contribution in [2.75, 3.05) is 0 Å². The highest BCUT2D eigenvalue weighted by molar-refractivity contribution is 5.98. The van der Waals surface area contributed by atoms with Crippen LogP contribution in [0.3, 0.4) is 0 Å². The van der Waals surface area contributed by atoms with Gasteiger partial charge in [0.25, 0.3) is 0 Å². The van der Waals surface area contributed by atoms with Gasteiger partial charge < -0.3 is 5.73 Å². The summed E-state index contributed by atoms with van der Waals surface area (Å²) in [5.41, 5.74) is 12.3. The van der Waals surface area contributed by atoms with E-state index in [1.54, 1.807) is 4.68 Å². The van der Waals surface area contributed by atoms with Crippen LogP contribution < -0.4 is 11.6 Å². The van der Waals surface area contributed by atoms with Crippen molar-refractivity contribution in [2.45, 2.75) is 6.42 Å². The molecule has 0 atom stereocenters. The Kier molecular flexibility index (Phi) is 6.19. The lowest BCUT2D eigenvalue weighted by atomic mass is 10.0. The summed E-state index contributed by atoms with van der Waals surface area (Å²) in [5, 5.41) is 0. The van der Waals surface area contributed by atoms with Crippen molar-refractivity contribution in [3.63, 3.8) is 0 Å². The van der Waals surface area contributed by atoms with Gasteiger partial charge in [-0.1, -0.05) is 77.5 Å². The van der Waals surface area contributed by atoms with Crippen molar-refractivity contribution in [3.8, 4) is 0 Å². The number of hydrogen-bond donors (Lipinski definition) is 2. The fourth-order valence-corrected chi connectivity index (χ4v) is 3.30. The first kappa shape index (κ1) is 20.1. The topological polar surface area (TPSA) is 67.4 Å². The predicted octanol–water partition coefficient (Wildman–Crippen LogP) is 4.95. The van der Waals surface area contributed by atoms with Crippen LogP contribution in [0.15, 0.2) is 114 Å². The highest BCUT2D eigenvalue weighted by atomic mass is 15.3. The Hall–Kier alpha value is -4.18. The van der Waals surface area contributed by atoms with Gasteiger partial charge in [0.05, 0.1) is 5.69 Å². The zero-order chi connectivity index (χ0) is 21.5. The molecule has 0 spiro atoms. The molecular weight excluding hydrogens is 380 g/mol. The average Bonchev–Trinajstić information content (AvgIpc) is 2.82. The normalized spacial score (nSPS) is 12.0. The molecule has 0 aliphatic heterocycles. The Morgan fingerprint density at radius 3 is 1.87 bits per heavy atom. The Labute approximate surface area is 182 Å². The highest BCUT2D eigenvalue weighted by Crippen LogP contribution is 2.18. The van der Waals surface area contributed by atoms with Crippen molar-refractivity contribution in [3.05, 3.63) is 131 Å². The summed E-state index contributed by atoms with van der Waals surface area (Å²) in [6.07, 6.45) is 2.75. The first-order valence-electron chi connectivity index (χ1n) is 10.2. The van der Waals surface area contributed by atoms with Crippen LogP contribution in [0, 0.1) is 0 Å². The SMILES string of the molecule is NC(=Nc1ccc(Cc2ccc([N+](N)=Cc3ccccc3)cc2)cc1)c1ccccc1. The number of hydrazone groups is 1. The maximum atomic E-state index is 6.18. The molecule has 0 saturated heterocycles. The van der Waals surface area contributed by atoms with Crippen LogP contribution in [0.25, 0.3) is 0 Å². The van der Waals surface area contributed by atoms with Gasteiger partial charge in [-0.2, -0.15) is 0 Å². The number of aliphatic imine (C=N–C) groups is 1. The quantitative estimate of drug-likeness (QED) is 0.157. The maximum Gasteiger partial charge on any atom is 0.234 e. The molecule has 152 valence electrons. The van der Waals surface area contributed by atoms with Gasteiger partial charge in [-0.3, -0.25) is 0 Å². The van der Waals surface area contributed by atoms with Crippen molar-refractivity contribution < 1.29 is 4.68 Å². The number of amidine groups is 1. The highest BCUT2D eigenvalue weighted by Gasteiger charge is 2.06. The monoisotopic (exact) mass is 405 g/mol. The van der Waals surface area contributed by atoms with Gasteiger partial charge in [-0.25, -0.2) is 10.8 Å². The molecule has 31 heavy (non-hydrogen) atoms. The molecule has 4 heteroatoms. The first-order chi connectivity index (χ1) is 15.2. The molecule has 0 amide bonds. The molecule has 4 aromatic rings. The minimum absolute atomic E-state index is 0.516. The summed E-state index contributed by atoms with van der Waals surface area (Å²) in [7, 11) is 0. The summed E-state index contributed by atoms with van der Waals surface area (Å²) < 4.78 is 1.64. The third-order valence-corrected chi connectivity index (χ3v) is 4.99. The molecule has 4 N–H and O–H groups in total. The molecule has 4 aromatic carbocycles. The lowest BCUT2D eigenvalue weighted by molar-refractivity contribution is -0.446. The van der Waals surface area contributed by atoms with Crippen LogP contribution in [0.4, 0.5) is 11.4 Å². The molecule has 4 rings (SSSR count). The van der Waals surface area contributed by atoms with E-state index in [1.807, 2.05) is 91.1 Å². The van der Waals surface area contributed by atoms with E-state index in [0.29, 0.717) is 5.84 Å². The molecule has 0 heterocycles. The smallest absolute Gasteiger partial charge is 0.234 e. The van der Waals surface area contributed by atoms with E-state index in [4.69, 9.17) is 11.6 Å². The van der Waals surface area contributed by atoms with Gasteiger partial charge in [-0.15, -0.1) is 0 Å². The zero-order valence-corrected chi connectivity index (χ0v) is 17.2. The fraction of sp³-hybridized carbons (Fsp3) is 0.0370. The second-order valence-electron chi connectivity index (χ2n) is 7.32. The lowest BCUT2D eigenvalue weighted by Crippen LogP contribution is -2.15. The van der Waals surface area contributed by atoms with E-state index in [9.17, 15) is 0 Å². The Morgan fingerprint density at radius 2 is 1.26 bits per heavy atom. The maximum absolute atomic E-state index is 6.18. The van der Waals surface area contributed by atoms with Crippen LogP contribution in [0.1, 0.15) is 22.3 Å². The molecule has 0 bridgehead atoms. The molecule has 4 nitrogen and oxygen atoms in total. The van der Waals surface area contributed by atoms with E-state index >= 15 is 0 Å². The predicted molar refractivity (Wildman–Crippen MR) is 128 cm³/mol. The van der Waals surface area contributed by atoms with Gasteiger partial charge in [0.1, 0.15) is 5.84 Å². The van der Waals surface area contributed by atoms with E-state index in [2.05, 4.69) is 29.3 Å². The summed E-state index contributed by atoms with van der Waals surface area (Å²) in [4.78, 5) is 4.51. The zero-order valence-electron chi connectivity index (χ0n) is 17.2. The number of hydrazine groups is 1. The molecule has 0 fully saturated rings. The number of nitrogens with zero attached hydrogens (tertiary/aromatic N) is 2. The van der Waals surface area contributed by atoms with Gasteiger partial charge in [0, 0.05) is 23.3 Å². The second-order valence-corrected chi connectivity index (χ2v) is 7.32. The second kappa shape index (κ2) is 9.55. The molecule has 0 unspecified atom stereocenters. The van der Waals surface area contributed by atoms with Crippen molar-refractivity contribution in [1.82, 2.24) is 0 Å². The third-order valence-electron chi connectivity index (χ3n) is 4.99. The van der Waals surface area contributed by atoms with E-state index in [1.165, 1.54) is 11.1 Å². The number of hydrogen-bond acceptors (Lipinski definition) is 2. The van der Waals surface area contributed by atoms with E-state index < -0.39 is 0 Å². The molecular formula is C27H25N4+. The summed E-state index contributed by atoms with van der Waals surface area (Å²) in [6.45, 7) is 0. The molecule has 0 radical (unpaired) electrons.